The molecule has 3 aromatic rings. The molecule has 0 bridgehead atoms. The Morgan fingerprint density at radius 3 is 2.58 bits per heavy atom. The van der Waals surface area contributed by atoms with Crippen LogP contribution in [0.5, 0.6) is 0 Å². The van der Waals surface area contributed by atoms with Crippen LogP contribution in [0.1, 0.15) is 10.6 Å². The summed E-state index contributed by atoms with van der Waals surface area (Å²) >= 11 is 3.35. The van der Waals surface area contributed by atoms with Crippen molar-refractivity contribution in [3.8, 4) is 10.6 Å². The van der Waals surface area contributed by atoms with E-state index in [2.05, 4.69) is 39.6 Å². The molecule has 1 N–H and O–H groups in total. The lowest BCUT2D eigenvalue weighted by Crippen LogP contribution is -1.98. The minimum atomic E-state index is 0.826. The summed E-state index contributed by atoms with van der Waals surface area (Å²) in [7, 11) is 0. The van der Waals surface area contributed by atoms with Crippen LogP contribution >= 0.6 is 22.7 Å². The molecule has 0 saturated heterocycles. The Labute approximate surface area is 120 Å². The van der Waals surface area contributed by atoms with Gasteiger partial charge in [-0.3, -0.25) is 0 Å². The zero-order valence-electron chi connectivity index (χ0n) is 10.5. The van der Waals surface area contributed by atoms with Crippen molar-refractivity contribution in [2.45, 2.75) is 13.5 Å². The van der Waals surface area contributed by atoms with E-state index in [-0.39, 0.29) is 0 Å². The molecule has 2 heterocycles. The first kappa shape index (κ1) is 12.3. The number of hydrogen-bond donors (Lipinski definition) is 1. The van der Waals surface area contributed by atoms with Crippen molar-refractivity contribution in [2.24, 2.45) is 0 Å². The van der Waals surface area contributed by atoms with E-state index in [9.17, 15) is 0 Å². The molecule has 2 aromatic heterocycles. The summed E-state index contributed by atoms with van der Waals surface area (Å²) < 4.78 is 0. The quantitative estimate of drug-likeness (QED) is 0.782. The molecule has 0 radical (unpaired) electrons. The molecule has 0 spiro atoms. The summed E-state index contributed by atoms with van der Waals surface area (Å²) in [6.07, 6.45) is 1.83. The molecule has 0 saturated carbocycles. The average Bonchev–Trinajstić information content (AvgIpc) is 3.09. The van der Waals surface area contributed by atoms with Gasteiger partial charge in [0.15, 0.2) is 0 Å². The van der Waals surface area contributed by atoms with Gasteiger partial charge in [-0.15, -0.1) is 22.7 Å². The van der Waals surface area contributed by atoms with Gasteiger partial charge in [0.1, 0.15) is 5.01 Å². The van der Waals surface area contributed by atoms with Gasteiger partial charge < -0.3 is 5.32 Å². The van der Waals surface area contributed by atoms with Crippen LogP contribution in [-0.2, 0) is 6.54 Å². The van der Waals surface area contributed by atoms with E-state index in [1.807, 2.05) is 24.0 Å². The van der Waals surface area contributed by atoms with Gasteiger partial charge in [0.2, 0.25) is 0 Å². The molecule has 19 heavy (non-hydrogen) atoms. The molecule has 0 aliphatic carbocycles. The Hall–Kier alpha value is -1.72. The third-order valence-corrected chi connectivity index (χ3v) is 4.62. The van der Waals surface area contributed by atoms with E-state index in [1.165, 1.54) is 4.88 Å². The fourth-order valence-electron chi connectivity index (χ4n) is 1.77. The summed E-state index contributed by atoms with van der Waals surface area (Å²) in [6, 6.07) is 8.38. The van der Waals surface area contributed by atoms with Crippen LogP contribution in [0.3, 0.4) is 0 Å². The van der Waals surface area contributed by atoms with Gasteiger partial charge >= 0.3 is 0 Å². The first-order chi connectivity index (χ1) is 9.33. The molecule has 0 fully saturated rings. The van der Waals surface area contributed by atoms with Crippen LogP contribution in [0.2, 0.25) is 0 Å². The summed E-state index contributed by atoms with van der Waals surface area (Å²) in [4.78, 5) is 9.84. The van der Waals surface area contributed by atoms with Crippen LogP contribution in [0.4, 0.5) is 5.69 Å². The SMILES string of the molecule is Cc1ncsc1CNc1ccc(-c2nccs2)cc1. The fraction of sp³-hybridized carbons (Fsp3) is 0.143. The van der Waals surface area contributed by atoms with Crippen molar-refractivity contribution >= 4 is 28.4 Å². The maximum absolute atomic E-state index is 4.31. The normalized spacial score (nSPS) is 10.6. The van der Waals surface area contributed by atoms with Crippen molar-refractivity contribution in [1.29, 1.82) is 0 Å². The first-order valence-corrected chi connectivity index (χ1v) is 7.71. The Morgan fingerprint density at radius 1 is 1.11 bits per heavy atom. The Balaban J connectivity index is 1.68. The molecule has 5 heteroatoms. The van der Waals surface area contributed by atoms with Crippen molar-refractivity contribution in [3.05, 3.63) is 51.9 Å². The number of anilines is 1. The summed E-state index contributed by atoms with van der Waals surface area (Å²) in [6.45, 7) is 2.87. The second-order valence-corrected chi connectivity index (χ2v) is 5.96. The average molecular weight is 287 g/mol. The number of thiazole rings is 2. The summed E-state index contributed by atoms with van der Waals surface area (Å²) in [5.41, 5.74) is 5.28. The van der Waals surface area contributed by atoms with Gasteiger partial charge in [0.25, 0.3) is 0 Å². The largest absolute Gasteiger partial charge is 0.380 e. The van der Waals surface area contributed by atoms with E-state index in [0.29, 0.717) is 0 Å². The Kier molecular flexibility index (Phi) is 3.57. The third-order valence-electron chi connectivity index (χ3n) is 2.86. The molecule has 0 atom stereocenters. The summed E-state index contributed by atoms with van der Waals surface area (Å²) in [5, 5.41) is 6.47. The Bertz CT molecular complexity index is 642. The van der Waals surface area contributed by atoms with E-state index < -0.39 is 0 Å². The second kappa shape index (κ2) is 5.50. The zero-order chi connectivity index (χ0) is 13.1. The number of aryl methyl sites for hydroxylation is 1. The molecule has 96 valence electrons. The number of nitrogens with one attached hydrogen (secondary N) is 1. The highest BCUT2D eigenvalue weighted by Gasteiger charge is 2.02. The maximum atomic E-state index is 4.31. The smallest absolute Gasteiger partial charge is 0.123 e. The third kappa shape index (κ3) is 2.83. The van der Waals surface area contributed by atoms with Crippen LogP contribution < -0.4 is 5.32 Å². The highest BCUT2D eigenvalue weighted by Crippen LogP contribution is 2.23. The number of benzene rings is 1. The molecule has 3 rings (SSSR count). The lowest BCUT2D eigenvalue weighted by molar-refractivity contribution is 1.12. The van der Waals surface area contributed by atoms with E-state index in [0.717, 1.165) is 28.5 Å². The minimum Gasteiger partial charge on any atom is -0.380 e. The molecule has 0 unspecified atom stereocenters. The molecular weight excluding hydrogens is 274 g/mol. The van der Waals surface area contributed by atoms with Gasteiger partial charge in [0, 0.05) is 27.7 Å². The first-order valence-electron chi connectivity index (χ1n) is 5.96. The molecule has 0 aliphatic heterocycles. The predicted molar refractivity (Wildman–Crippen MR) is 81.7 cm³/mol. The standard InChI is InChI=1S/C14H13N3S2/c1-10-13(19-9-17-10)8-16-12-4-2-11(3-5-12)14-15-6-7-18-14/h2-7,9,16H,8H2,1H3. The van der Waals surface area contributed by atoms with E-state index >= 15 is 0 Å². The number of nitrogens with zero attached hydrogens (tertiary/aromatic N) is 2. The second-order valence-electron chi connectivity index (χ2n) is 4.13. The van der Waals surface area contributed by atoms with Crippen molar-refractivity contribution in [1.82, 2.24) is 9.97 Å². The topological polar surface area (TPSA) is 37.8 Å². The van der Waals surface area contributed by atoms with Gasteiger partial charge in [-0.2, -0.15) is 0 Å². The van der Waals surface area contributed by atoms with Crippen LogP contribution in [0, 0.1) is 6.92 Å². The van der Waals surface area contributed by atoms with Gasteiger partial charge in [-0.1, -0.05) is 0 Å². The number of aromatic nitrogens is 2. The number of hydrogen-bond acceptors (Lipinski definition) is 5. The van der Waals surface area contributed by atoms with Crippen LogP contribution in [0.15, 0.2) is 41.4 Å². The zero-order valence-corrected chi connectivity index (χ0v) is 12.1. The lowest BCUT2D eigenvalue weighted by Gasteiger charge is -2.06. The van der Waals surface area contributed by atoms with Crippen molar-refractivity contribution in [3.63, 3.8) is 0 Å². The molecule has 0 amide bonds. The number of rotatable bonds is 4. The molecule has 0 aliphatic rings. The van der Waals surface area contributed by atoms with Gasteiger partial charge in [-0.25, -0.2) is 9.97 Å². The van der Waals surface area contributed by atoms with Crippen LogP contribution in [0.25, 0.3) is 10.6 Å². The van der Waals surface area contributed by atoms with E-state index in [4.69, 9.17) is 0 Å². The van der Waals surface area contributed by atoms with E-state index in [1.54, 1.807) is 22.7 Å². The highest BCUT2D eigenvalue weighted by atomic mass is 32.1. The van der Waals surface area contributed by atoms with Crippen LogP contribution in [-0.4, -0.2) is 9.97 Å². The van der Waals surface area contributed by atoms with Crippen molar-refractivity contribution < 1.29 is 0 Å². The maximum Gasteiger partial charge on any atom is 0.123 e. The van der Waals surface area contributed by atoms with Gasteiger partial charge in [-0.05, 0) is 31.2 Å². The predicted octanol–water partition coefficient (Wildman–Crippen LogP) is 4.19. The van der Waals surface area contributed by atoms with Crippen molar-refractivity contribution in [2.75, 3.05) is 5.32 Å². The summed E-state index contributed by atoms with van der Waals surface area (Å²) in [5.74, 6) is 0. The molecule has 3 nitrogen and oxygen atoms in total. The van der Waals surface area contributed by atoms with Gasteiger partial charge in [0.05, 0.1) is 17.7 Å². The Morgan fingerprint density at radius 2 is 1.95 bits per heavy atom. The molecule has 1 aromatic carbocycles. The fourth-order valence-corrected chi connectivity index (χ4v) is 3.14. The molecular formula is C14H13N3S2. The lowest BCUT2D eigenvalue weighted by atomic mass is 10.2. The minimum absolute atomic E-state index is 0.826. The monoisotopic (exact) mass is 287 g/mol. The highest BCUT2D eigenvalue weighted by molar-refractivity contribution is 7.13.